The van der Waals surface area contributed by atoms with Gasteiger partial charge in [-0.2, -0.15) is 0 Å². The van der Waals surface area contributed by atoms with Gasteiger partial charge in [-0.05, 0) is 50.2 Å². The number of amides is 1. The topological polar surface area (TPSA) is 62.6 Å². The Hall–Kier alpha value is -2.56. The van der Waals surface area contributed by atoms with Gasteiger partial charge >= 0.3 is 0 Å². The van der Waals surface area contributed by atoms with Crippen molar-refractivity contribution in [3.05, 3.63) is 48.4 Å². The molecule has 0 spiro atoms. The van der Waals surface area contributed by atoms with Gasteiger partial charge in [-0.15, -0.1) is 0 Å². The number of hydrogen-bond donors (Lipinski definition) is 1. The summed E-state index contributed by atoms with van der Waals surface area (Å²) in [5.41, 5.74) is 1.86. The molecule has 0 aliphatic carbocycles. The summed E-state index contributed by atoms with van der Waals surface area (Å²) in [7, 11) is 0. The maximum Gasteiger partial charge on any atom is 0.224 e. The van der Waals surface area contributed by atoms with E-state index in [4.69, 9.17) is 4.42 Å². The second-order valence-corrected chi connectivity index (χ2v) is 5.17. The largest absolute Gasteiger partial charge is 0.461 e. The van der Waals surface area contributed by atoms with E-state index >= 15 is 0 Å². The number of rotatable bonds is 8. The zero-order chi connectivity index (χ0) is 16.7. The summed E-state index contributed by atoms with van der Waals surface area (Å²) < 4.78 is 5.02. The minimum Gasteiger partial charge on any atom is -0.461 e. The molecule has 5 heteroatoms. The van der Waals surface area contributed by atoms with Gasteiger partial charge in [0, 0.05) is 37.3 Å². The summed E-state index contributed by atoms with van der Waals surface area (Å²) in [5, 5.41) is 2.80. The molecule has 1 aromatic heterocycles. The van der Waals surface area contributed by atoms with E-state index in [1.165, 1.54) is 6.26 Å². The Kier molecular flexibility index (Phi) is 5.97. The first-order valence-corrected chi connectivity index (χ1v) is 7.85. The fourth-order valence-electron chi connectivity index (χ4n) is 2.36. The number of benzene rings is 1. The summed E-state index contributed by atoms with van der Waals surface area (Å²) in [5.74, 6) is -0.0519. The molecular formula is C18H22N2O3. The third-order valence-electron chi connectivity index (χ3n) is 3.65. The number of nitrogens with zero attached hydrogens (tertiary/aromatic N) is 1. The van der Waals surface area contributed by atoms with Crippen LogP contribution in [0.4, 0.5) is 11.4 Å². The Bertz CT molecular complexity index is 629. The van der Waals surface area contributed by atoms with E-state index in [2.05, 4.69) is 24.1 Å². The molecule has 1 N–H and O–H groups in total. The minimum absolute atomic E-state index is 0.136. The van der Waals surface area contributed by atoms with Crippen LogP contribution in [-0.2, 0) is 4.79 Å². The van der Waals surface area contributed by atoms with Crippen LogP contribution < -0.4 is 10.2 Å². The number of ketones is 1. The lowest BCUT2D eigenvalue weighted by Gasteiger charge is -2.21. The molecule has 0 saturated carbocycles. The molecule has 2 rings (SSSR count). The third-order valence-corrected chi connectivity index (χ3v) is 3.65. The number of carbonyl (C=O) groups excluding carboxylic acids is 2. The van der Waals surface area contributed by atoms with E-state index in [9.17, 15) is 9.59 Å². The molecule has 1 aromatic carbocycles. The van der Waals surface area contributed by atoms with Crippen molar-refractivity contribution in [1.82, 2.24) is 0 Å². The average Bonchev–Trinajstić information content (AvgIpc) is 3.10. The smallest absolute Gasteiger partial charge is 0.224 e. The summed E-state index contributed by atoms with van der Waals surface area (Å²) in [6.07, 6.45) is 1.72. The summed E-state index contributed by atoms with van der Waals surface area (Å²) in [6.45, 7) is 6.10. The maximum absolute atomic E-state index is 11.9. The third kappa shape index (κ3) is 4.71. The lowest BCUT2D eigenvalue weighted by Crippen LogP contribution is -2.21. The molecule has 0 bridgehead atoms. The van der Waals surface area contributed by atoms with Crippen LogP contribution in [0.2, 0.25) is 0 Å². The van der Waals surface area contributed by atoms with Gasteiger partial charge in [0.05, 0.1) is 6.26 Å². The Labute approximate surface area is 136 Å². The fraction of sp³-hybridized carbons (Fsp3) is 0.333. The van der Waals surface area contributed by atoms with Crippen molar-refractivity contribution >= 4 is 23.1 Å². The van der Waals surface area contributed by atoms with Gasteiger partial charge in [0.2, 0.25) is 5.91 Å². The molecule has 0 unspecified atom stereocenters. The molecule has 1 amide bonds. The van der Waals surface area contributed by atoms with Crippen molar-refractivity contribution in [3.63, 3.8) is 0 Å². The number of carbonyl (C=O) groups is 2. The van der Waals surface area contributed by atoms with Gasteiger partial charge in [-0.3, -0.25) is 9.59 Å². The molecule has 0 radical (unpaired) electrons. The van der Waals surface area contributed by atoms with Gasteiger partial charge in [0.1, 0.15) is 0 Å². The van der Waals surface area contributed by atoms with Gasteiger partial charge in [-0.25, -0.2) is 0 Å². The second kappa shape index (κ2) is 8.17. The zero-order valence-electron chi connectivity index (χ0n) is 13.5. The SMILES string of the molecule is CCN(CC)c1ccc(NC(=O)CCC(=O)c2ccco2)cc1. The predicted molar refractivity (Wildman–Crippen MR) is 90.9 cm³/mol. The van der Waals surface area contributed by atoms with Crippen LogP contribution in [-0.4, -0.2) is 24.8 Å². The normalized spacial score (nSPS) is 10.3. The molecule has 2 aromatic rings. The molecule has 0 saturated heterocycles. The molecule has 0 aliphatic heterocycles. The number of anilines is 2. The van der Waals surface area contributed by atoms with Gasteiger partial charge in [0.15, 0.2) is 11.5 Å². The highest BCUT2D eigenvalue weighted by molar-refractivity contribution is 5.98. The Morgan fingerprint density at radius 3 is 2.30 bits per heavy atom. The van der Waals surface area contributed by atoms with Crippen molar-refractivity contribution in [2.24, 2.45) is 0 Å². The van der Waals surface area contributed by atoms with E-state index in [0.29, 0.717) is 5.76 Å². The van der Waals surface area contributed by atoms with Crippen LogP contribution in [0.25, 0.3) is 0 Å². The van der Waals surface area contributed by atoms with Crippen molar-refractivity contribution in [2.45, 2.75) is 26.7 Å². The highest BCUT2D eigenvalue weighted by Crippen LogP contribution is 2.18. The van der Waals surface area contributed by atoms with Crippen molar-refractivity contribution < 1.29 is 14.0 Å². The van der Waals surface area contributed by atoms with Crippen LogP contribution in [0.5, 0.6) is 0 Å². The lowest BCUT2D eigenvalue weighted by molar-refractivity contribution is -0.116. The van der Waals surface area contributed by atoms with E-state index in [-0.39, 0.29) is 24.5 Å². The maximum atomic E-state index is 11.9. The number of hydrogen-bond acceptors (Lipinski definition) is 4. The highest BCUT2D eigenvalue weighted by atomic mass is 16.3. The predicted octanol–water partition coefficient (Wildman–Crippen LogP) is 3.73. The van der Waals surface area contributed by atoms with Crippen LogP contribution in [0.3, 0.4) is 0 Å². The van der Waals surface area contributed by atoms with Gasteiger partial charge in [0.25, 0.3) is 0 Å². The summed E-state index contributed by atoms with van der Waals surface area (Å²) >= 11 is 0. The fourth-order valence-corrected chi connectivity index (χ4v) is 2.36. The Balaban J connectivity index is 1.84. The summed E-state index contributed by atoms with van der Waals surface area (Å²) in [4.78, 5) is 25.9. The molecule has 122 valence electrons. The summed E-state index contributed by atoms with van der Waals surface area (Å²) in [6, 6.07) is 11.0. The monoisotopic (exact) mass is 314 g/mol. The zero-order valence-corrected chi connectivity index (χ0v) is 13.5. The number of furan rings is 1. The molecule has 0 fully saturated rings. The van der Waals surface area contributed by atoms with Gasteiger partial charge in [-0.1, -0.05) is 0 Å². The van der Waals surface area contributed by atoms with E-state index in [1.54, 1.807) is 12.1 Å². The molecule has 5 nitrogen and oxygen atoms in total. The average molecular weight is 314 g/mol. The molecule has 0 atom stereocenters. The van der Waals surface area contributed by atoms with E-state index in [0.717, 1.165) is 24.5 Å². The highest BCUT2D eigenvalue weighted by Gasteiger charge is 2.11. The first kappa shape index (κ1) is 16.8. The van der Waals surface area contributed by atoms with Crippen LogP contribution in [0, 0.1) is 0 Å². The van der Waals surface area contributed by atoms with Crippen molar-refractivity contribution in [2.75, 3.05) is 23.3 Å². The molecule has 23 heavy (non-hydrogen) atoms. The number of nitrogens with one attached hydrogen (secondary N) is 1. The van der Waals surface area contributed by atoms with E-state index < -0.39 is 0 Å². The van der Waals surface area contributed by atoms with Crippen LogP contribution in [0.1, 0.15) is 37.2 Å². The quantitative estimate of drug-likeness (QED) is 0.754. The standard InChI is InChI=1S/C18H22N2O3/c1-3-20(4-2)15-9-7-14(8-10-15)19-18(22)12-11-16(21)17-6-5-13-23-17/h5-10,13H,3-4,11-12H2,1-2H3,(H,19,22). The Morgan fingerprint density at radius 1 is 1.04 bits per heavy atom. The molecule has 0 aliphatic rings. The van der Waals surface area contributed by atoms with Crippen LogP contribution in [0.15, 0.2) is 47.1 Å². The molecular weight excluding hydrogens is 292 g/mol. The van der Waals surface area contributed by atoms with Gasteiger partial charge < -0.3 is 14.6 Å². The lowest BCUT2D eigenvalue weighted by atomic mass is 10.1. The Morgan fingerprint density at radius 2 is 1.74 bits per heavy atom. The first-order chi connectivity index (χ1) is 11.1. The van der Waals surface area contributed by atoms with E-state index in [1.807, 2.05) is 24.3 Å². The van der Waals surface area contributed by atoms with Crippen LogP contribution >= 0.6 is 0 Å². The second-order valence-electron chi connectivity index (χ2n) is 5.17. The molecule has 1 heterocycles. The van der Waals surface area contributed by atoms with Crippen molar-refractivity contribution in [1.29, 1.82) is 0 Å². The minimum atomic E-state index is -0.180. The number of Topliss-reactive ketones (excluding diaryl/α,β-unsaturated/α-hetero) is 1. The van der Waals surface area contributed by atoms with Crippen molar-refractivity contribution in [3.8, 4) is 0 Å². The first-order valence-electron chi connectivity index (χ1n) is 7.85.